The van der Waals surface area contributed by atoms with Crippen LogP contribution in [0.25, 0.3) is 0 Å². The van der Waals surface area contributed by atoms with Gasteiger partial charge in [-0.3, -0.25) is 9.59 Å². The molecule has 0 fully saturated rings. The van der Waals surface area contributed by atoms with Gasteiger partial charge in [-0.05, 0) is 38.1 Å². The number of benzene rings is 1. The SMILES string of the molecule is CCN(CC)C(=O)c1ccc(NC(=O)CNC(C)C)cc1. The van der Waals surface area contributed by atoms with Crippen LogP contribution in [0.1, 0.15) is 38.1 Å². The standard InChI is InChI=1S/C16H25N3O2/c1-5-19(6-2)16(21)13-7-9-14(10-8-13)18-15(20)11-17-12(3)4/h7-10,12,17H,5-6,11H2,1-4H3,(H,18,20). The molecular weight excluding hydrogens is 266 g/mol. The number of hydrogen-bond acceptors (Lipinski definition) is 3. The Labute approximate surface area is 126 Å². The van der Waals surface area contributed by atoms with Crippen molar-refractivity contribution in [3.8, 4) is 0 Å². The highest BCUT2D eigenvalue weighted by Crippen LogP contribution is 2.11. The molecule has 0 saturated heterocycles. The Kier molecular flexibility index (Phi) is 6.88. The minimum Gasteiger partial charge on any atom is -0.339 e. The summed E-state index contributed by atoms with van der Waals surface area (Å²) in [5, 5.41) is 5.85. The molecule has 0 aliphatic carbocycles. The average Bonchev–Trinajstić information content (AvgIpc) is 2.47. The van der Waals surface area contributed by atoms with E-state index in [1.807, 2.05) is 27.7 Å². The minimum absolute atomic E-state index is 0.0133. The Morgan fingerprint density at radius 3 is 2.14 bits per heavy atom. The fraction of sp³-hybridized carbons (Fsp3) is 0.500. The summed E-state index contributed by atoms with van der Waals surface area (Å²) in [6, 6.07) is 7.26. The number of nitrogens with zero attached hydrogens (tertiary/aromatic N) is 1. The summed E-state index contributed by atoms with van der Waals surface area (Å²) < 4.78 is 0. The number of hydrogen-bond donors (Lipinski definition) is 2. The van der Waals surface area contributed by atoms with Gasteiger partial charge in [0.15, 0.2) is 0 Å². The lowest BCUT2D eigenvalue weighted by atomic mass is 10.1. The van der Waals surface area contributed by atoms with Crippen LogP contribution in [0.15, 0.2) is 24.3 Å². The normalized spacial score (nSPS) is 10.5. The fourth-order valence-corrected chi connectivity index (χ4v) is 1.89. The average molecular weight is 291 g/mol. The topological polar surface area (TPSA) is 61.4 Å². The van der Waals surface area contributed by atoms with Crippen LogP contribution >= 0.6 is 0 Å². The molecule has 0 heterocycles. The molecular formula is C16H25N3O2. The molecule has 1 aromatic rings. The molecule has 0 bridgehead atoms. The molecule has 0 aliphatic heterocycles. The van der Waals surface area contributed by atoms with Gasteiger partial charge in [0.05, 0.1) is 6.54 Å². The van der Waals surface area contributed by atoms with Crippen LogP contribution in [-0.2, 0) is 4.79 Å². The van der Waals surface area contributed by atoms with Gasteiger partial charge in [-0.15, -0.1) is 0 Å². The van der Waals surface area contributed by atoms with Gasteiger partial charge in [-0.25, -0.2) is 0 Å². The third kappa shape index (κ3) is 5.55. The van der Waals surface area contributed by atoms with Crippen molar-refractivity contribution in [2.75, 3.05) is 25.0 Å². The highest BCUT2D eigenvalue weighted by Gasteiger charge is 2.12. The molecule has 21 heavy (non-hydrogen) atoms. The number of anilines is 1. The first kappa shape index (κ1) is 17.2. The summed E-state index contributed by atoms with van der Waals surface area (Å²) in [6.07, 6.45) is 0. The zero-order chi connectivity index (χ0) is 15.8. The zero-order valence-corrected chi connectivity index (χ0v) is 13.3. The van der Waals surface area contributed by atoms with Crippen molar-refractivity contribution >= 4 is 17.5 Å². The van der Waals surface area contributed by atoms with Crippen molar-refractivity contribution in [2.24, 2.45) is 0 Å². The second kappa shape index (κ2) is 8.42. The molecule has 2 N–H and O–H groups in total. The van der Waals surface area contributed by atoms with Gasteiger partial charge < -0.3 is 15.5 Å². The lowest BCUT2D eigenvalue weighted by molar-refractivity contribution is -0.115. The Bertz CT molecular complexity index is 465. The van der Waals surface area contributed by atoms with E-state index in [9.17, 15) is 9.59 Å². The van der Waals surface area contributed by atoms with Crippen LogP contribution in [0, 0.1) is 0 Å². The van der Waals surface area contributed by atoms with Gasteiger partial charge in [-0.1, -0.05) is 13.8 Å². The maximum atomic E-state index is 12.1. The van der Waals surface area contributed by atoms with Crippen LogP contribution < -0.4 is 10.6 Å². The molecule has 0 unspecified atom stereocenters. The van der Waals surface area contributed by atoms with Crippen LogP contribution in [0.4, 0.5) is 5.69 Å². The maximum Gasteiger partial charge on any atom is 0.253 e. The fourth-order valence-electron chi connectivity index (χ4n) is 1.89. The van der Waals surface area contributed by atoms with E-state index in [2.05, 4.69) is 10.6 Å². The number of carbonyl (C=O) groups excluding carboxylic acids is 2. The molecule has 5 nitrogen and oxygen atoms in total. The second-order valence-corrected chi connectivity index (χ2v) is 5.14. The molecule has 0 aliphatic rings. The van der Waals surface area contributed by atoms with E-state index in [0.29, 0.717) is 24.3 Å². The summed E-state index contributed by atoms with van der Waals surface area (Å²) in [5.41, 5.74) is 1.33. The summed E-state index contributed by atoms with van der Waals surface area (Å²) in [4.78, 5) is 25.6. The van der Waals surface area contributed by atoms with Crippen LogP contribution in [0.3, 0.4) is 0 Å². The number of amides is 2. The molecule has 1 rings (SSSR count). The smallest absolute Gasteiger partial charge is 0.253 e. The van der Waals surface area contributed by atoms with Gasteiger partial charge in [0.2, 0.25) is 5.91 Å². The Morgan fingerprint density at radius 1 is 1.10 bits per heavy atom. The van der Waals surface area contributed by atoms with E-state index in [0.717, 1.165) is 0 Å². The van der Waals surface area contributed by atoms with Crippen molar-refractivity contribution in [1.29, 1.82) is 0 Å². The summed E-state index contributed by atoms with van der Waals surface area (Å²) in [5.74, 6) is -0.0779. The molecule has 0 radical (unpaired) electrons. The van der Waals surface area contributed by atoms with Crippen LogP contribution in [-0.4, -0.2) is 42.4 Å². The number of nitrogens with one attached hydrogen (secondary N) is 2. The molecule has 5 heteroatoms. The lowest BCUT2D eigenvalue weighted by Gasteiger charge is -2.18. The van der Waals surface area contributed by atoms with E-state index in [1.54, 1.807) is 29.2 Å². The van der Waals surface area contributed by atoms with E-state index < -0.39 is 0 Å². The first-order chi connectivity index (χ1) is 9.97. The molecule has 0 atom stereocenters. The van der Waals surface area contributed by atoms with E-state index in [1.165, 1.54) is 0 Å². The predicted molar refractivity (Wildman–Crippen MR) is 85.5 cm³/mol. The Morgan fingerprint density at radius 2 is 1.67 bits per heavy atom. The first-order valence-electron chi connectivity index (χ1n) is 7.40. The number of carbonyl (C=O) groups is 2. The van der Waals surface area contributed by atoms with Crippen molar-refractivity contribution in [3.05, 3.63) is 29.8 Å². The van der Waals surface area contributed by atoms with Crippen molar-refractivity contribution < 1.29 is 9.59 Å². The first-order valence-corrected chi connectivity index (χ1v) is 7.40. The minimum atomic E-state index is -0.0912. The Hall–Kier alpha value is -1.88. The molecule has 1 aromatic carbocycles. The zero-order valence-electron chi connectivity index (χ0n) is 13.3. The van der Waals surface area contributed by atoms with Gasteiger partial charge >= 0.3 is 0 Å². The highest BCUT2D eigenvalue weighted by molar-refractivity contribution is 5.96. The molecule has 2 amide bonds. The Balaban J connectivity index is 2.61. The quantitative estimate of drug-likeness (QED) is 0.809. The number of rotatable bonds is 7. The summed E-state index contributed by atoms with van der Waals surface area (Å²) >= 11 is 0. The third-order valence-corrected chi connectivity index (χ3v) is 3.14. The van der Waals surface area contributed by atoms with Gasteiger partial charge in [0, 0.05) is 30.4 Å². The molecule has 0 saturated carbocycles. The summed E-state index contributed by atoms with van der Waals surface area (Å²) in [6.45, 7) is 9.54. The van der Waals surface area contributed by atoms with Crippen LogP contribution in [0.5, 0.6) is 0 Å². The molecule has 116 valence electrons. The van der Waals surface area contributed by atoms with Gasteiger partial charge in [-0.2, -0.15) is 0 Å². The molecule has 0 spiro atoms. The maximum absolute atomic E-state index is 12.1. The predicted octanol–water partition coefficient (Wildman–Crippen LogP) is 2.11. The van der Waals surface area contributed by atoms with E-state index in [4.69, 9.17) is 0 Å². The van der Waals surface area contributed by atoms with Crippen molar-refractivity contribution in [3.63, 3.8) is 0 Å². The summed E-state index contributed by atoms with van der Waals surface area (Å²) in [7, 11) is 0. The van der Waals surface area contributed by atoms with Crippen molar-refractivity contribution in [2.45, 2.75) is 33.7 Å². The van der Waals surface area contributed by atoms with E-state index >= 15 is 0 Å². The van der Waals surface area contributed by atoms with E-state index in [-0.39, 0.29) is 24.4 Å². The van der Waals surface area contributed by atoms with Gasteiger partial charge in [0.25, 0.3) is 5.91 Å². The lowest BCUT2D eigenvalue weighted by Crippen LogP contribution is -2.32. The third-order valence-electron chi connectivity index (χ3n) is 3.14. The van der Waals surface area contributed by atoms with Crippen LogP contribution in [0.2, 0.25) is 0 Å². The highest BCUT2D eigenvalue weighted by atomic mass is 16.2. The monoisotopic (exact) mass is 291 g/mol. The largest absolute Gasteiger partial charge is 0.339 e. The van der Waals surface area contributed by atoms with Crippen molar-refractivity contribution in [1.82, 2.24) is 10.2 Å². The molecule has 0 aromatic heterocycles. The van der Waals surface area contributed by atoms with Gasteiger partial charge in [0.1, 0.15) is 0 Å². The second-order valence-electron chi connectivity index (χ2n) is 5.14.